The third-order valence-electron chi connectivity index (χ3n) is 5.13. The summed E-state index contributed by atoms with van der Waals surface area (Å²) in [6, 6.07) is 5.59. The molecule has 2 aliphatic heterocycles. The van der Waals surface area contributed by atoms with Crippen LogP contribution in [-0.2, 0) is 10.2 Å². The second-order valence-electron chi connectivity index (χ2n) is 7.89. The van der Waals surface area contributed by atoms with Gasteiger partial charge >= 0.3 is 12.0 Å². The maximum absolute atomic E-state index is 12.6. The van der Waals surface area contributed by atoms with E-state index in [0.29, 0.717) is 19.5 Å². The standard InChI is InChI=1S/C19H26N2O5/c1-12-6-13(17(22)23)9-21(8-12)18(24)20-10-19(2,3)14-4-5-15-16(7-14)26-11-25-15/h4-5,7,12-13H,6,8-11H2,1-3H3,(H,20,24)(H,22,23). The first kappa shape index (κ1) is 18.4. The molecular weight excluding hydrogens is 336 g/mol. The average Bonchev–Trinajstić information content (AvgIpc) is 3.06. The molecule has 2 heterocycles. The van der Waals surface area contributed by atoms with Crippen molar-refractivity contribution in [2.75, 3.05) is 26.4 Å². The minimum absolute atomic E-state index is 0.178. The molecule has 1 saturated heterocycles. The second-order valence-corrected chi connectivity index (χ2v) is 7.89. The van der Waals surface area contributed by atoms with E-state index in [1.807, 2.05) is 39.0 Å². The molecule has 2 atom stereocenters. The number of carbonyl (C=O) groups excluding carboxylic acids is 1. The first-order valence-corrected chi connectivity index (χ1v) is 8.92. The molecule has 3 rings (SSSR count). The van der Waals surface area contributed by atoms with Gasteiger partial charge in [0.25, 0.3) is 0 Å². The number of carboxylic acids is 1. The highest BCUT2D eigenvalue weighted by Crippen LogP contribution is 2.36. The highest BCUT2D eigenvalue weighted by Gasteiger charge is 2.32. The van der Waals surface area contributed by atoms with Crippen LogP contribution >= 0.6 is 0 Å². The number of aliphatic carboxylic acids is 1. The predicted molar refractivity (Wildman–Crippen MR) is 95.5 cm³/mol. The van der Waals surface area contributed by atoms with Gasteiger partial charge < -0.3 is 24.8 Å². The van der Waals surface area contributed by atoms with Crippen molar-refractivity contribution < 1.29 is 24.2 Å². The molecule has 1 fully saturated rings. The Morgan fingerprint density at radius 3 is 2.73 bits per heavy atom. The fourth-order valence-corrected chi connectivity index (χ4v) is 3.52. The van der Waals surface area contributed by atoms with Gasteiger partial charge in [-0.2, -0.15) is 0 Å². The summed E-state index contributed by atoms with van der Waals surface area (Å²) in [7, 11) is 0. The Labute approximate surface area is 153 Å². The number of rotatable bonds is 4. The van der Waals surface area contributed by atoms with Crippen molar-refractivity contribution in [1.82, 2.24) is 10.2 Å². The Hall–Kier alpha value is -2.44. The van der Waals surface area contributed by atoms with E-state index in [-0.39, 0.29) is 30.7 Å². The van der Waals surface area contributed by atoms with Crippen molar-refractivity contribution in [3.05, 3.63) is 23.8 Å². The van der Waals surface area contributed by atoms with E-state index < -0.39 is 11.9 Å². The van der Waals surface area contributed by atoms with Crippen molar-refractivity contribution in [3.63, 3.8) is 0 Å². The lowest BCUT2D eigenvalue weighted by molar-refractivity contribution is -0.143. The van der Waals surface area contributed by atoms with E-state index in [2.05, 4.69) is 5.32 Å². The molecule has 142 valence electrons. The molecule has 2 aliphatic rings. The summed E-state index contributed by atoms with van der Waals surface area (Å²) in [6.45, 7) is 7.58. The minimum Gasteiger partial charge on any atom is -0.481 e. The first-order chi connectivity index (χ1) is 12.3. The molecule has 2 unspecified atom stereocenters. The minimum atomic E-state index is -0.838. The molecule has 7 heteroatoms. The number of hydrogen-bond acceptors (Lipinski definition) is 4. The quantitative estimate of drug-likeness (QED) is 0.859. The summed E-state index contributed by atoms with van der Waals surface area (Å²) >= 11 is 0. The van der Waals surface area contributed by atoms with Gasteiger partial charge in [0.1, 0.15) is 0 Å². The van der Waals surface area contributed by atoms with Crippen LogP contribution < -0.4 is 14.8 Å². The van der Waals surface area contributed by atoms with Gasteiger partial charge in [0, 0.05) is 25.0 Å². The van der Waals surface area contributed by atoms with Crippen molar-refractivity contribution in [1.29, 1.82) is 0 Å². The molecule has 0 bridgehead atoms. The number of amides is 2. The number of nitrogens with one attached hydrogen (secondary N) is 1. The van der Waals surface area contributed by atoms with E-state index >= 15 is 0 Å². The number of carbonyl (C=O) groups is 2. The normalized spacial score (nSPS) is 22.2. The lowest BCUT2D eigenvalue weighted by atomic mass is 9.84. The number of carboxylic acid groups (broad SMARTS) is 1. The summed E-state index contributed by atoms with van der Waals surface area (Å²) < 4.78 is 10.8. The van der Waals surface area contributed by atoms with Gasteiger partial charge in [0.2, 0.25) is 6.79 Å². The number of ether oxygens (including phenoxy) is 2. The Bertz CT molecular complexity index is 703. The Kier molecular flexibility index (Phi) is 4.98. The topological polar surface area (TPSA) is 88.1 Å². The molecular formula is C19H26N2O5. The molecule has 0 spiro atoms. The highest BCUT2D eigenvalue weighted by atomic mass is 16.7. The average molecular weight is 362 g/mol. The Morgan fingerprint density at radius 2 is 2.00 bits per heavy atom. The fourth-order valence-electron chi connectivity index (χ4n) is 3.52. The summed E-state index contributed by atoms with van der Waals surface area (Å²) in [5.74, 6) is 0.297. The van der Waals surface area contributed by atoms with Crippen LogP contribution in [0, 0.1) is 11.8 Å². The van der Waals surface area contributed by atoms with Gasteiger partial charge in [-0.15, -0.1) is 0 Å². The van der Waals surface area contributed by atoms with Crippen molar-refractivity contribution in [2.24, 2.45) is 11.8 Å². The number of benzene rings is 1. The summed E-state index contributed by atoms with van der Waals surface area (Å²) in [6.07, 6.45) is 0.613. The number of nitrogens with zero attached hydrogens (tertiary/aromatic N) is 1. The van der Waals surface area contributed by atoms with Gasteiger partial charge in [-0.05, 0) is 30.0 Å². The molecule has 0 aromatic heterocycles. The third kappa shape index (κ3) is 3.86. The van der Waals surface area contributed by atoms with Crippen LogP contribution in [0.25, 0.3) is 0 Å². The lowest BCUT2D eigenvalue weighted by Gasteiger charge is -2.35. The van der Waals surface area contributed by atoms with Gasteiger partial charge in [0.05, 0.1) is 5.92 Å². The molecule has 0 radical (unpaired) electrons. The van der Waals surface area contributed by atoms with E-state index in [0.717, 1.165) is 17.1 Å². The van der Waals surface area contributed by atoms with Crippen LogP contribution in [0.15, 0.2) is 18.2 Å². The third-order valence-corrected chi connectivity index (χ3v) is 5.13. The van der Waals surface area contributed by atoms with Gasteiger partial charge in [-0.25, -0.2) is 4.79 Å². The Balaban J connectivity index is 1.62. The van der Waals surface area contributed by atoms with Crippen molar-refractivity contribution >= 4 is 12.0 Å². The molecule has 2 amide bonds. The molecule has 0 aliphatic carbocycles. The van der Waals surface area contributed by atoms with Crippen molar-refractivity contribution in [3.8, 4) is 11.5 Å². The van der Waals surface area contributed by atoms with E-state index in [1.165, 1.54) is 0 Å². The van der Waals surface area contributed by atoms with Crippen LogP contribution in [0.2, 0.25) is 0 Å². The highest BCUT2D eigenvalue weighted by molar-refractivity contribution is 5.76. The van der Waals surface area contributed by atoms with Crippen LogP contribution in [0.4, 0.5) is 4.79 Å². The molecule has 26 heavy (non-hydrogen) atoms. The zero-order valence-electron chi connectivity index (χ0n) is 15.4. The second kappa shape index (κ2) is 7.05. The molecule has 1 aromatic rings. The number of fused-ring (bicyclic) bond motifs is 1. The van der Waals surface area contributed by atoms with Gasteiger partial charge in [-0.3, -0.25) is 4.79 Å². The summed E-state index contributed by atoms with van der Waals surface area (Å²) in [5, 5.41) is 12.2. The maximum Gasteiger partial charge on any atom is 0.317 e. The zero-order valence-corrected chi connectivity index (χ0v) is 15.4. The Morgan fingerprint density at radius 1 is 1.27 bits per heavy atom. The number of likely N-dealkylation sites (tertiary alicyclic amines) is 1. The van der Waals surface area contributed by atoms with Crippen LogP contribution in [-0.4, -0.2) is 48.4 Å². The first-order valence-electron chi connectivity index (χ1n) is 8.92. The fraction of sp³-hybridized carbons (Fsp3) is 0.579. The van der Waals surface area contributed by atoms with E-state index in [1.54, 1.807) is 4.90 Å². The SMILES string of the molecule is CC1CC(C(=O)O)CN(C(=O)NCC(C)(C)c2ccc3c(c2)OCO3)C1. The van der Waals surface area contributed by atoms with E-state index in [9.17, 15) is 14.7 Å². The number of piperidine rings is 1. The number of urea groups is 1. The lowest BCUT2D eigenvalue weighted by Crippen LogP contribution is -2.51. The molecule has 2 N–H and O–H groups in total. The van der Waals surface area contributed by atoms with Gasteiger partial charge in [0.15, 0.2) is 11.5 Å². The number of hydrogen-bond donors (Lipinski definition) is 2. The van der Waals surface area contributed by atoms with E-state index in [4.69, 9.17) is 9.47 Å². The molecule has 1 aromatic carbocycles. The van der Waals surface area contributed by atoms with Gasteiger partial charge in [-0.1, -0.05) is 26.8 Å². The predicted octanol–water partition coefficient (Wildman–Crippen LogP) is 2.45. The maximum atomic E-state index is 12.6. The molecule has 7 nitrogen and oxygen atoms in total. The monoisotopic (exact) mass is 362 g/mol. The smallest absolute Gasteiger partial charge is 0.317 e. The summed E-state index contributed by atoms with van der Waals surface area (Å²) in [4.78, 5) is 25.5. The van der Waals surface area contributed by atoms with Crippen LogP contribution in [0.5, 0.6) is 11.5 Å². The summed E-state index contributed by atoms with van der Waals surface area (Å²) in [5.41, 5.74) is 0.738. The van der Waals surface area contributed by atoms with Crippen LogP contribution in [0.1, 0.15) is 32.8 Å². The van der Waals surface area contributed by atoms with Crippen molar-refractivity contribution in [2.45, 2.75) is 32.6 Å². The largest absolute Gasteiger partial charge is 0.481 e. The molecule has 0 saturated carbocycles. The van der Waals surface area contributed by atoms with Crippen LogP contribution in [0.3, 0.4) is 0 Å². The zero-order chi connectivity index (χ0) is 18.9.